The molecular formula is C22H19ClN4O4. The van der Waals surface area contributed by atoms with E-state index in [0.717, 1.165) is 4.57 Å². The molecule has 9 heteroatoms. The Morgan fingerprint density at radius 2 is 1.81 bits per heavy atom. The van der Waals surface area contributed by atoms with Gasteiger partial charge in [0, 0.05) is 25.2 Å². The second-order valence-corrected chi connectivity index (χ2v) is 7.67. The zero-order valence-corrected chi connectivity index (χ0v) is 18.1. The van der Waals surface area contributed by atoms with Crippen LogP contribution in [0.1, 0.15) is 21.6 Å². The Balaban J connectivity index is 1.93. The van der Waals surface area contributed by atoms with Gasteiger partial charge in [-0.2, -0.15) is 5.10 Å². The zero-order valence-electron chi connectivity index (χ0n) is 17.3. The maximum Gasteiger partial charge on any atom is 0.345 e. The van der Waals surface area contributed by atoms with Crippen molar-refractivity contribution in [3.05, 3.63) is 85.1 Å². The Morgan fingerprint density at radius 3 is 2.45 bits per heavy atom. The lowest BCUT2D eigenvalue weighted by Gasteiger charge is -2.14. The van der Waals surface area contributed by atoms with Gasteiger partial charge in [0.05, 0.1) is 27.8 Å². The fraction of sp³-hybridized carbons (Fsp3) is 0.182. The molecule has 0 amide bonds. The van der Waals surface area contributed by atoms with Gasteiger partial charge in [-0.1, -0.05) is 17.7 Å². The van der Waals surface area contributed by atoms with Crippen molar-refractivity contribution in [3.8, 4) is 11.6 Å². The molecule has 0 unspecified atom stereocenters. The van der Waals surface area contributed by atoms with Crippen molar-refractivity contribution in [1.82, 2.24) is 18.9 Å². The van der Waals surface area contributed by atoms with Crippen LogP contribution in [0.5, 0.6) is 5.88 Å². The summed E-state index contributed by atoms with van der Waals surface area (Å²) < 4.78 is 9.34. The summed E-state index contributed by atoms with van der Waals surface area (Å²) in [6.45, 7) is 3.44. The number of carbonyl (C=O) groups is 1. The van der Waals surface area contributed by atoms with Crippen LogP contribution in [0.15, 0.2) is 52.1 Å². The molecule has 0 bridgehead atoms. The van der Waals surface area contributed by atoms with Crippen LogP contribution in [0.2, 0.25) is 5.02 Å². The molecule has 2 aromatic heterocycles. The SMILES string of the molecule is Cc1cc(OC(=O)c2ccc3c(c2C)c(=O)n(-c2cccc(Cl)c2)c(=O)n3C)n(C)n1. The van der Waals surface area contributed by atoms with Crippen molar-refractivity contribution in [1.29, 1.82) is 0 Å². The van der Waals surface area contributed by atoms with Gasteiger partial charge in [-0.05, 0) is 49.7 Å². The smallest absolute Gasteiger partial charge is 0.345 e. The highest BCUT2D eigenvalue weighted by Crippen LogP contribution is 2.21. The van der Waals surface area contributed by atoms with Gasteiger partial charge >= 0.3 is 11.7 Å². The van der Waals surface area contributed by atoms with Crippen molar-refractivity contribution in [3.63, 3.8) is 0 Å². The van der Waals surface area contributed by atoms with Gasteiger partial charge in [-0.3, -0.25) is 9.36 Å². The molecular weight excluding hydrogens is 420 g/mol. The van der Waals surface area contributed by atoms with Crippen LogP contribution in [-0.4, -0.2) is 24.9 Å². The molecule has 0 saturated heterocycles. The van der Waals surface area contributed by atoms with E-state index < -0.39 is 17.2 Å². The van der Waals surface area contributed by atoms with Gasteiger partial charge in [0.15, 0.2) is 0 Å². The predicted molar refractivity (Wildman–Crippen MR) is 117 cm³/mol. The first kappa shape index (κ1) is 20.6. The largest absolute Gasteiger partial charge is 0.404 e. The normalized spacial score (nSPS) is 11.1. The number of esters is 1. The number of fused-ring (bicyclic) bond motifs is 1. The number of carbonyl (C=O) groups excluding carboxylic acids is 1. The molecule has 8 nitrogen and oxygen atoms in total. The highest BCUT2D eigenvalue weighted by Gasteiger charge is 2.21. The number of aryl methyl sites for hydroxylation is 4. The van der Waals surface area contributed by atoms with Crippen molar-refractivity contribution >= 4 is 28.5 Å². The lowest BCUT2D eigenvalue weighted by Crippen LogP contribution is -2.38. The fourth-order valence-electron chi connectivity index (χ4n) is 3.59. The third-order valence-electron chi connectivity index (χ3n) is 5.14. The predicted octanol–water partition coefficient (Wildman–Crippen LogP) is 2.91. The zero-order chi connectivity index (χ0) is 22.4. The van der Waals surface area contributed by atoms with Gasteiger partial charge in [-0.15, -0.1) is 0 Å². The molecule has 0 aliphatic rings. The number of nitrogens with zero attached hydrogens (tertiary/aromatic N) is 4. The van der Waals surface area contributed by atoms with Crippen LogP contribution in [0.4, 0.5) is 0 Å². The molecule has 31 heavy (non-hydrogen) atoms. The monoisotopic (exact) mass is 438 g/mol. The molecule has 4 rings (SSSR count). The number of aromatic nitrogens is 4. The number of benzene rings is 2. The van der Waals surface area contributed by atoms with Gasteiger partial charge in [0.1, 0.15) is 0 Å². The summed E-state index contributed by atoms with van der Waals surface area (Å²) in [6, 6.07) is 11.2. The van der Waals surface area contributed by atoms with E-state index >= 15 is 0 Å². The Kier molecular flexibility index (Phi) is 5.02. The third kappa shape index (κ3) is 3.44. The molecule has 0 atom stereocenters. The number of hydrogen-bond acceptors (Lipinski definition) is 5. The minimum absolute atomic E-state index is 0.222. The first-order chi connectivity index (χ1) is 14.7. The van der Waals surface area contributed by atoms with E-state index in [1.165, 1.54) is 15.3 Å². The third-order valence-corrected chi connectivity index (χ3v) is 5.38. The Morgan fingerprint density at radius 1 is 1.06 bits per heavy atom. The number of rotatable bonds is 3. The van der Waals surface area contributed by atoms with Crippen LogP contribution in [-0.2, 0) is 14.1 Å². The van der Waals surface area contributed by atoms with Crippen LogP contribution >= 0.6 is 11.6 Å². The summed E-state index contributed by atoms with van der Waals surface area (Å²) in [5.74, 6) is -0.330. The van der Waals surface area contributed by atoms with Gasteiger partial charge in [0.2, 0.25) is 5.88 Å². The van der Waals surface area contributed by atoms with E-state index in [4.69, 9.17) is 16.3 Å². The lowest BCUT2D eigenvalue weighted by atomic mass is 10.0. The summed E-state index contributed by atoms with van der Waals surface area (Å²) in [7, 11) is 3.24. The summed E-state index contributed by atoms with van der Waals surface area (Å²) in [5, 5.41) is 4.80. The lowest BCUT2D eigenvalue weighted by molar-refractivity contribution is 0.0719. The van der Waals surface area contributed by atoms with Crippen molar-refractivity contribution in [2.45, 2.75) is 13.8 Å². The molecule has 0 aliphatic heterocycles. The first-order valence-electron chi connectivity index (χ1n) is 9.43. The van der Waals surface area contributed by atoms with E-state index in [0.29, 0.717) is 33.4 Å². The Bertz CT molecular complexity index is 1480. The topological polar surface area (TPSA) is 88.1 Å². The molecule has 0 fully saturated rings. The van der Waals surface area contributed by atoms with E-state index in [-0.39, 0.29) is 10.9 Å². The molecule has 0 radical (unpaired) electrons. The van der Waals surface area contributed by atoms with Gasteiger partial charge < -0.3 is 4.74 Å². The molecule has 2 heterocycles. The number of hydrogen-bond donors (Lipinski definition) is 0. The second kappa shape index (κ2) is 7.55. The van der Waals surface area contributed by atoms with E-state index in [1.54, 1.807) is 64.3 Å². The molecule has 158 valence electrons. The average Bonchev–Trinajstić information content (AvgIpc) is 3.02. The molecule has 4 aromatic rings. The van der Waals surface area contributed by atoms with Crippen LogP contribution in [0.25, 0.3) is 16.6 Å². The second-order valence-electron chi connectivity index (χ2n) is 7.23. The van der Waals surface area contributed by atoms with Crippen molar-refractivity contribution in [2.24, 2.45) is 14.1 Å². The van der Waals surface area contributed by atoms with Gasteiger partial charge in [0.25, 0.3) is 5.56 Å². The average molecular weight is 439 g/mol. The van der Waals surface area contributed by atoms with E-state index in [9.17, 15) is 14.4 Å². The minimum Gasteiger partial charge on any atom is -0.404 e. The maximum absolute atomic E-state index is 13.4. The number of halogens is 1. The van der Waals surface area contributed by atoms with Crippen molar-refractivity contribution in [2.75, 3.05) is 0 Å². The van der Waals surface area contributed by atoms with Crippen LogP contribution in [0, 0.1) is 13.8 Å². The molecule has 2 aromatic carbocycles. The summed E-state index contributed by atoms with van der Waals surface area (Å²) in [5.41, 5.74) is 1.05. The van der Waals surface area contributed by atoms with E-state index in [2.05, 4.69) is 5.10 Å². The quantitative estimate of drug-likeness (QED) is 0.459. The molecule has 0 aliphatic carbocycles. The minimum atomic E-state index is -0.620. The van der Waals surface area contributed by atoms with Crippen LogP contribution < -0.4 is 16.0 Å². The van der Waals surface area contributed by atoms with Crippen LogP contribution in [0.3, 0.4) is 0 Å². The van der Waals surface area contributed by atoms with Gasteiger partial charge in [-0.25, -0.2) is 18.8 Å². The standard InChI is InChI=1S/C22H19ClN4O4/c1-12-10-18(26(4)24-12)31-21(29)16-8-9-17-19(13(16)2)20(28)27(22(30)25(17)3)15-7-5-6-14(23)11-15/h5-11H,1-4H3. The molecule has 0 N–H and O–H groups in total. The Hall–Kier alpha value is -3.65. The molecule has 0 spiro atoms. The van der Waals surface area contributed by atoms with E-state index in [1.807, 2.05) is 0 Å². The highest BCUT2D eigenvalue weighted by atomic mass is 35.5. The van der Waals surface area contributed by atoms with Crippen molar-refractivity contribution < 1.29 is 9.53 Å². The fourth-order valence-corrected chi connectivity index (χ4v) is 3.78. The summed E-state index contributed by atoms with van der Waals surface area (Å²) in [4.78, 5) is 39.1. The first-order valence-corrected chi connectivity index (χ1v) is 9.81. The Labute approximate surface area is 181 Å². The highest BCUT2D eigenvalue weighted by molar-refractivity contribution is 6.30. The summed E-state index contributed by atoms with van der Waals surface area (Å²) in [6.07, 6.45) is 0. The number of ether oxygens (including phenoxy) is 1. The maximum atomic E-state index is 13.4. The summed E-state index contributed by atoms with van der Waals surface area (Å²) >= 11 is 6.05. The molecule has 0 saturated carbocycles.